The molecule has 0 aliphatic carbocycles. The molecule has 0 saturated heterocycles. The molecule has 1 N–H and O–H groups in total. The van der Waals surface area contributed by atoms with Crippen molar-refractivity contribution >= 4 is 22.7 Å². The lowest BCUT2D eigenvalue weighted by Gasteiger charge is -2.15. The van der Waals surface area contributed by atoms with E-state index in [4.69, 9.17) is 13.9 Å². The first kappa shape index (κ1) is 23.4. The van der Waals surface area contributed by atoms with E-state index in [9.17, 15) is 4.79 Å². The number of hydrogen-bond acceptors (Lipinski definition) is 5. The second-order valence-corrected chi connectivity index (χ2v) is 8.87. The van der Waals surface area contributed by atoms with Crippen LogP contribution in [0.1, 0.15) is 42.0 Å². The molecule has 6 heteroatoms. The molecular formula is C28H30N2O4. The fraction of sp³-hybridized carbons (Fsp3) is 0.286. The number of amides is 1. The van der Waals surface area contributed by atoms with E-state index < -0.39 is 0 Å². The fourth-order valence-corrected chi connectivity index (χ4v) is 3.82. The summed E-state index contributed by atoms with van der Waals surface area (Å²) in [6.07, 6.45) is 0. The highest BCUT2D eigenvalue weighted by Crippen LogP contribution is 2.33. The van der Waals surface area contributed by atoms with Crippen LogP contribution in [0.25, 0.3) is 22.6 Å². The summed E-state index contributed by atoms with van der Waals surface area (Å²) in [7, 11) is 1.56. The van der Waals surface area contributed by atoms with Crippen LogP contribution in [-0.4, -0.2) is 24.6 Å². The molecule has 1 aromatic heterocycles. The van der Waals surface area contributed by atoms with E-state index >= 15 is 0 Å². The van der Waals surface area contributed by atoms with E-state index in [1.165, 1.54) is 0 Å². The summed E-state index contributed by atoms with van der Waals surface area (Å²) in [5.41, 5.74) is 7.24. The molecule has 0 radical (unpaired) electrons. The molecule has 0 bridgehead atoms. The van der Waals surface area contributed by atoms with Gasteiger partial charge in [0.1, 0.15) is 17.0 Å². The number of ether oxygens (including phenoxy) is 2. The standard InChI is InChI=1S/C28H30N2O4/c1-16(2)21-9-7-17(3)11-25(21)33-15-27(31)29-23-14-20(8-10-24(23)32-6)28-30-22-12-18(4)19(5)13-26(22)34-28/h7-14,16H,15H2,1-6H3,(H,29,31). The predicted octanol–water partition coefficient (Wildman–Crippen LogP) is 6.57. The van der Waals surface area contributed by atoms with E-state index in [1.54, 1.807) is 19.2 Å². The number of nitrogens with one attached hydrogen (secondary N) is 1. The topological polar surface area (TPSA) is 73.6 Å². The summed E-state index contributed by atoms with van der Waals surface area (Å²) in [4.78, 5) is 17.4. The lowest BCUT2D eigenvalue weighted by atomic mass is 10.0. The Morgan fingerprint density at radius 1 is 1.00 bits per heavy atom. The van der Waals surface area contributed by atoms with Crippen molar-refractivity contribution in [3.63, 3.8) is 0 Å². The highest BCUT2D eigenvalue weighted by atomic mass is 16.5. The Bertz CT molecular complexity index is 1320. The SMILES string of the molecule is COc1ccc(-c2nc3cc(C)c(C)cc3o2)cc1NC(=O)COc1cc(C)ccc1C(C)C. The van der Waals surface area contributed by atoms with Crippen LogP contribution in [0.2, 0.25) is 0 Å². The number of fused-ring (bicyclic) bond motifs is 1. The Hall–Kier alpha value is -3.80. The number of rotatable bonds is 7. The maximum absolute atomic E-state index is 12.8. The van der Waals surface area contributed by atoms with Gasteiger partial charge in [-0.25, -0.2) is 4.98 Å². The number of aromatic nitrogens is 1. The number of oxazole rings is 1. The van der Waals surface area contributed by atoms with E-state index in [2.05, 4.69) is 24.1 Å². The molecule has 6 nitrogen and oxygen atoms in total. The quantitative estimate of drug-likeness (QED) is 0.339. The van der Waals surface area contributed by atoms with Crippen LogP contribution >= 0.6 is 0 Å². The zero-order chi connectivity index (χ0) is 24.4. The smallest absolute Gasteiger partial charge is 0.262 e. The largest absolute Gasteiger partial charge is 0.495 e. The molecule has 3 aromatic carbocycles. The number of carbonyl (C=O) groups is 1. The normalized spacial score (nSPS) is 11.1. The molecule has 34 heavy (non-hydrogen) atoms. The van der Waals surface area contributed by atoms with Gasteiger partial charge in [0.25, 0.3) is 5.91 Å². The third kappa shape index (κ3) is 4.91. The molecule has 4 aromatic rings. The lowest BCUT2D eigenvalue weighted by molar-refractivity contribution is -0.118. The van der Waals surface area contributed by atoms with Gasteiger partial charge in [-0.3, -0.25) is 4.79 Å². The molecular weight excluding hydrogens is 428 g/mol. The molecule has 4 rings (SSSR count). The van der Waals surface area contributed by atoms with Crippen molar-refractivity contribution in [3.05, 3.63) is 70.8 Å². The highest BCUT2D eigenvalue weighted by Gasteiger charge is 2.15. The molecule has 0 atom stereocenters. The van der Waals surface area contributed by atoms with Crippen molar-refractivity contribution in [1.29, 1.82) is 0 Å². The van der Waals surface area contributed by atoms with E-state index in [-0.39, 0.29) is 12.5 Å². The summed E-state index contributed by atoms with van der Waals surface area (Å²) in [6.45, 7) is 10.2. The van der Waals surface area contributed by atoms with Gasteiger partial charge in [-0.05, 0) is 85.3 Å². The minimum Gasteiger partial charge on any atom is -0.495 e. The van der Waals surface area contributed by atoms with Crippen LogP contribution in [0.4, 0.5) is 5.69 Å². The Morgan fingerprint density at radius 2 is 1.76 bits per heavy atom. The van der Waals surface area contributed by atoms with Gasteiger partial charge in [-0.2, -0.15) is 0 Å². The maximum atomic E-state index is 12.8. The van der Waals surface area contributed by atoms with Crippen LogP contribution in [-0.2, 0) is 4.79 Å². The van der Waals surface area contributed by atoms with Crippen LogP contribution < -0.4 is 14.8 Å². The van der Waals surface area contributed by atoms with Crippen molar-refractivity contribution in [3.8, 4) is 23.0 Å². The van der Waals surface area contributed by atoms with E-state index in [1.807, 2.05) is 57.2 Å². The number of benzene rings is 3. The molecule has 0 saturated carbocycles. The van der Waals surface area contributed by atoms with Gasteiger partial charge in [0.2, 0.25) is 5.89 Å². The third-order valence-electron chi connectivity index (χ3n) is 5.87. The van der Waals surface area contributed by atoms with Gasteiger partial charge in [-0.1, -0.05) is 26.0 Å². The number of aryl methyl sites for hydroxylation is 3. The first-order chi connectivity index (χ1) is 16.2. The lowest BCUT2D eigenvalue weighted by Crippen LogP contribution is -2.21. The molecule has 0 aliphatic rings. The van der Waals surface area contributed by atoms with Crippen LogP contribution in [0.3, 0.4) is 0 Å². The average Bonchev–Trinajstić information content (AvgIpc) is 3.20. The highest BCUT2D eigenvalue weighted by molar-refractivity contribution is 5.94. The van der Waals surface area contributed by atoms with Crippen molar-refractivity contribution in [2.45, 2.75) is 40.5 Å². The third-order valence-corrected chi connectivity index (χ3v) is 5.87. The molecule has 0 unspecified atom stereocenters. The van der Waals surface area contributed by atoms with Crippen molar-refractivity contribution < 1.29 is 18.7 Å². The first-order valence-corrected chi connectivity index (χ1v) is 11.3. The molecule has 0 spiro atoms. The number of methoxy groups -OCH3 is 1. The van der Waals surface area contributed by atoms with Gasteiger partial charge in [0.15, 0.2) is 12.2 Å². The molecule has 0 aliphatic heterocycles. The maximum Gasteiger partial charge on any atom is 0.262 e. The first-order valence-electron chi connectivity index (χ1n) is 11.3. The average molecular weight is 459 g/mol. The second-order valence-electron chi connectivity index (χ2n) is 8.87. The summed E-state index contributed by atoms with van der Waals surface area (Å²) < 4.78 is 17.3. The monoisotopic (exact) mass is 458 g/mol. The predicted molar refractivity (Wildman–Crippen MR) is 135 cm³/mol. The van der Waals surface area contributed by atoms with Gasteiger partial charge in [0, 0.05) is 5.56 Å². The van der Waals surface area contributed by atoms with E-state index in [0.717, 1.165) is 44.7 Å². The summed E-state index contributed by atoms with van der Waals surface area (Å²) in [5.74, 6) is 1.76. The fourth-order valence-electron chi connectivity index (χ4n) is 3.82. The van der Waals surface area contributed by atoms with Crippen LogP contribution in [0, 0.1) is 20.8 Å². The van der Waals surface area contributed by atoms with Crippen molar-refractivity contribution in [2.75, 3.05) is 19.0 Å². The van der Waals surface area contributed by atoms with Gasteiger partial charge in [0.05, 0.1) is 12.8 Å². The molecule has 1 heterocycles. The van der Waals surface area contributed by atoms with Crippen molar-refractivity contribution in [1.82, 2.24) is 4.98 Å². The summed E-state index contributed by atoms with van der Waals surface area (Å²) >= 11 is 0. The second kappa shape index (κ2) is 9.59. The molecule has 176 valence electrons. The zero-order valence-corrected chi connectivity index (χ0v) is 20.5. The van der Waals surface area contributed by atoms with Crippen LogP contribution in [0.15, 0.2) is 52.9 Å². The van der Waals surface area contributed by atoms with Gasteiger partial charge >= 0.3 is 0 Å². The van der Waals surface area contributed by atoms with Gasteiger partial charge in [-0.15, -0.1) is 0 Å². The minimum atomic E-state index is -0.282. The Labute approximate surface area is 199 Å². The van der Waals surface area contributed by atoms with E-state index in [0.29, 0.717) is 23.2 Å². The van der Waals surface area contributed by atoms with Gasteiger partial charge < -0.3 is 19.2 Å². The summed E-state index contributed by atoms with van der Waals surface area (Å²) in [6, 6.07) is 15.5. The Kier molecular flexibility index (Phi) is 6.59. The zero-order valence-electron chi connectivity index (χ0n) is 20.5. The number of hydrogen-bond donors (Lipinski definition) is 1. The van der Waals surface area contributed by atoms with Crippen molar-refractivity contribution in [2.24, 2.45) is 0 Å². The number of nitrogens with zero attached hydrogens (tertiary/aromatic N) is 1. The Morgan fingerprint density at radius 3 is 2.50 bits per heavy atom. The minimum absolute atomic E-state index is 0.113. The summed E-state index contributed by atoms with van der Waals surface area (Å²) in [5, 5.41) is 2.90. The molecule has 1 amide bonds. The number of carbonyl (C=O) groups excluding carboxylic acids is 1. The molecule has 0 fully saturated rings. The Balaban J connectivity index is 1.55. The number of anilines is 1. The van der Waals surface area contributed by atoms with Crippen LogP contribution in [0.5, 0.6) is 11.5 Å².